The maximum atomic E-state index is 12.4. The molecule has 0 aromatic heterocycles. The minimum Gasteiger partial charge on any atom is -0.342 e. The normalized spacial score (nSPS) is 41.1. The van der Waals surface area contributed by atoms with Gasteiger partial charge in [0.05, 0.1) is 0 Å². The highest BCUT2D eigenvalue weighted by Gasteiger charge is 2.52. The third-order valence-corrected chi connectivity index (χ3v) is 6.25. The molecule has 4 bridgehead atoms. The first-order valence-electron chi connectivity index (χ1n) is 8.75. The van der Waals surface area contributed by atoms with Crippen molar-refractivity contribution in [3.8, 4) is 0 Å². The van der Waals surface area contributed by atoms with E-state index in [2.05, 4.69) is 5.32 Å². The minimum atomic E-state index is -0.334. The van der Waals surface area contributed by atoms with Crippen LogP contribution in [0.2, 0.25) is 0 Å². The zero-order chi connectivity index (χ0) is 14.4. The van der Waals surface area contributed by atoms with Crippen LogP contribution in [0.1, 0.15) is 57.8 Å². The van der Waals surface area contributed by atoms with Gasteiger partial charge in [-0.05, 0) is 75.5 Å². The second-order valence-corrected chi connectivity index (χ2v) is 8.00. The average molecular weight is 290 g/mol. The van der Waals surface area contributed by atoms with Gasteiger partial charge in [0.1, 0.15) is 0 Å². The summed E-state index contributed by atoms with van der Waals surface area (Å²) < 4.78 is 0. The van der Waals surface area contributed by atoms with Gasteiger partial charge in [-0.15, -0.1) is 0 Å². The minimum absolute atomic E-state index is 0.0444. The van der Waals surface area contributed by atoms with Crippen LogP contribution in [0.3, 0.4) is 0 Å². The second kappa shape index (κ2) is 4.99. The van der Waals surface area contributed by atoms with E-state index in [9.17, 15) is 9.59 Å². The molecule has 0 aromatic rings. The van der Waals surface area contributed by atoms with Crippen LogP contribution in [-0.2, 0) is 9.59 Å². The van der Waals surface area contributed by atoms with E-state index in [1.807, 2.05) is 0 Å². The van der Waals surface area contributed by atoms with Crippen molar-refractivity contribution in [2.24, 2.45) is 17.8 Å². The van der Waals surface area contributed by atoms with Crippen molar-refractivity contribution in [1.29, 1.82) is 0 Å². The van der Waals surface area contributed by atoms with Gasteiger partial charge in [-0.2, -0.15) is 0 Å². The van der Waals surface area contributed by atoms with Crippen molar-refractivity contribution in [3.05, 3.63) is 0 Å². The van der Waals surface area contributed by atoms with Gasteiger partial charge < -0.3 is 10.2 Å². The monoisotopic (exact) mass is 290 g/mol. The molecule has 1 aliphatic heterocycles. The highest BCUT2D eigenvalue weighted by molar-refractivity contribution is 6.35. The van der Waals surface area contributed by atoms with Gasteiger partial charge in [-0.1, -0.05) is 0 Å². The molecule has 5 fully saturated rings. The Morgan fingerprint density at radius 1 is 0.857 bits per heavy atom. The molecule has 1 N–H and O–H groups in total. The van der Waals surface area contributed by atoms with E-state index in [-0.39, 0.29) is 17.4 Å². The maximum absolute atomic E-state index is 12.4. The highest BCUT2D eigenvalue weighted by Crippen LogP contribution is 2.55. The Morgan fingerprint density at radius 2 is 1.38 bits per heavy atom. The number of nitrogens with zero attached hydrogens (tertiary/aromatic N) is 1. The Hall–Kier alpha value is -1.06. The summed E-state index contributed by atoms with van der Waals surface area (Å²) in [7, 11) is 0. The Balaban J connectivity index is 1.43. The van der Waals surface area contributed by atoms with Crippen molar-refractivity contribution < 1.29 is 9.59 Å². The summed E-state index contributed by atoms with van der Waals surface area (Å²) in [6.07, 6.45) is 10.7. The van der Waals surface area contributed by atoms with Gasteiger partial charge in [0.25, 0.3) is 0 Å². The molecule has 4 nitrogen and oxygen atoms in total. The van der Waals surface area contributed by atoms with Crippen LogP contribution >= 0.6 is 0 Å². The fraction of sp³-hybridized carbons (Fsp3) is 0.882. The molecule has 21 heavy (non-hydrogen) atoms. The molecule has 4 saturated carbocycles. The Bertz CT molecular complexity index is 418. The predicted octanol–water partition coefficient (Wildman–Crippen LogP) is 2.08. The molecule has 0 atom stereocenters. The number of carbonyl (C=O) groups is 2. The molecular formula is C17H26N2O2. The van der Waals surface area contributed by atoms with E-state index >= 15 is 0 Å². The van der Waals surface area contributed by atoms with Crippen LogP contribution < -0.4 is 5.32 Å². The van der Waals surface area contributed by atoms with E-state index in [1.54, 1.807) is 4.90 Å². The van der Waals surface area contributed by atoms with Crippen molar-refractivity contribution in [3.63, 3.8) is 0 Å². The van der Waals surface area contributed by atoms with Gasteiger partial charge >= 0.3 is 11.8 Å². The number of rotatable bonds is 1. The van der Waals surface area contributed by atoms with Crippen molar-refractivity contribution in [1.82, 2.24) is 10.2 Å². The van der Waals surface area contributed by atoms with E-state index in [0.717, 1.165) is 62.9 Å². The lowest BCUT2D eigenvalue weighted by atomic mass is 9.53. The van der Waals surface area contributed by atoms with Crippen molar-refractivity contribution in [2.45, 2.75) is 63.3 Å². The van der Waals surface area contributed by atoms with E-state index < -0.39 is 0 Å². The molecule has 0 aromatic carbocycles. The predicted molar refractivity (Wildman–Crippen MR) is 79.5 cm³/mol. The molecule has 5 rings (SSSR count). The third-order valence-electron chi connectivity index (χ3n) is 6.25. The van der Waals surface area contributed by atoms with Crippen LogP contribution in [0.15, 0.2) is 0 Å². The van der Waals surface area contributed by atoms with E-state index in [4.69, 9.17) is 0 Å². The third kappa shape index (κ3) is 2.47. The first-order chi connectivity index (χ1) is 10.1. The molecule has 0 spiro atoms. The molecule has 1 heterocycles. The molecule has 1 saturated heterocycles. The number of hydrogen-bond donors (Lipinski definition) is 1. The highest BCUT2D eigenvalue weighted by atomic mass is 16.2. The number of amides is 2. The topological polar surface area (TPSA) is 49.4 Å². The Kier molecular flexibility index (Phi) is 3.23. The quantitative estimate of drug-likeness (QED) is 0.752. The van der Waals surface area contributed by atoms with Crippen LogP contribution in [0.25, 0.3) is 0 Å². The van der Waals surface area contributed by atoms with Crippen LogP contribution in [0.4, 0.5) is 0 Å². The molecule has 4 heteroatoms. The Morgan fingerprint density at radius 3 is 1.90 bits per heavy atom. The summed E-state index contributed by atoms with van der Waals surface area (Å²) in [5.74, 6) is 1.76. The van der Waals surface area contributed by atoms with Gasteiger partial charge in [-0.3, -0.25) is 9.59 Å². The number of nitrogens with one attached hydrogen (secondary N) is 1. The van der Waals surface area contributed by atoms with Crippen molar-refractivity contribution >= 4 is 11.8 Å². The molecule has 5 aliphatic rings. The fourth-order valence-electron chi connectivity index (χ4n) is 5.80. The molecular weight excluding hydrogens is 264 g/mol. The van der Waals surface area contributed by atoms with Gasteiger partial charge in [0.2, 0.25) is 0 Å². The number of likely N-dealkylation sites (tertiary alicyclic amines) is 1. The van der Waals surface area contributed by atoms with E-state index in [0.29, 0.717) is 0 Å². The number of hydrogen-bond acceptors (Lipinski definition) is 2. The van der Waals surface area contributed by atoms with Gasteiger partial charge in [0, 0.05) is 18.6 Å². The van der Waals surface area contributed by atoms with Crippen molar-refractivity contribution in [2.75, 3.05) is 13.1 Å². The molecule has 0 unspecified atom stereocenters. The fourth-order valence-corrected chi connectivity index (χ4v) is 5.80. The molecule has 0 radical (unpaired) electrons. The first-order valence-corrected chi connectivity index (χ1v) is 8.75. The molecule has 2 amide bonds. The number of piperidine rings is 1. The van der Waals surface area contributed by atoms with Gasteiger partial charge in [0.15, 0.2) is 0 Å². The second-order valence-electron chi connectivity index (χ2n) is 8.00. The summed E-state index contributed by atoms with van der Waals surface area (Å²) in [5.41, 5.74) is -0.0444. The molecule has 116 valence electrons. The Labute approximate surface area is 126 Å². The molecule has 4 aliphatic carbocycles. The summed E-state index contributed by atoms with van der Waals surface area (Å²) in [4.78, 5) is 26.5. The van der Waals surface area contributed by atoms with E-state index in [1.165, 1.54) is 25.7 Å². The lowest BCUT2D eigenvalue weighted by molar-refractivity contribution is -0.149. The standard InChI is InChI=1S/C17H26N2O2/c20-15(16(21)19-4-2-1-3-5-19)18-17-9-12-6-13(10-17)8-14(7-12)11-17/h12-14H,1-11H2,(H,18,20). The van der Waals surface area contributed by atoms with Gasteiger partial charge in [-0.25, -0.2) is 0 Å². The largest absolute Gasteiger partial charge is 0.342 e. The summed E-state index contributed by atoms with van der Waals surface area (Å²) in [5, 5.41) is 3.19. The summed E-state index contributed by atoms with van der Waals surface area (Å²) in [6, 6.07) is 0. The first kappa shape index (κ1) is 13.6. The zero-order valence-corrected chi connectivity index (χ0v) is 12.8. The van der Waals surface area contributed by atoms with Crippen LogP contribution in [0, 0.1) is 17.8 Å². The van der Waals surface area contributed by atoms with Crippen LogP contribution in [-0.4, -0.2) is 35.3 Å². The zero-order valence-electron chi connectivity index (χ0n) is 12.8. The maximum Gasteiger partial charge on any atom is 0.311 e. The lowest BCUT2D eigenvalue weighted by Gasteiger charge is -2.56. The number of carbonyl (C=O) groups excluding carboxylic acids is 2. The average Bonchev–Trinajstić information content (AvgIpc) is 2.45. The van der Waals surface area contributed by atoms with Crippen LogP contribution in [0.5, 0.6) is 0 Å². The SMILES string of the molecule is O=C(NC12CC3CC(CC(C3)C1)C2)C(=O)N1CCCCC1. The lowest BCUT2D eigenvalue weighted by Crippen LogP contribution is -2.62. The summed E-state index contributed by atoms with van der Waals surface area (Å²) in [6.45, 7) is 1.51. The smallest absolute Gasteiger partial charge is 0.311 e. The summed E-state index contributed by atoms with van der Waals surface area (Å²) >= 11 is 0.